The van der Waals surface area contributed by atoms with Gasteiger partial charge in [-0.1, -0.05) is 35.9 Å². The number of nitrogens with zero attached hydrogens (tertiary/aromatic N) is 4. The molecule has 5 rings (SSSR count). The maximum absolute atomic E-state index is 13.4. The van der Waals surface area contributed by atoms with Crippen molar-refractivity contribution in [2.24, 2.45) is 0 Å². The molecular weight excluding hydrogens is 476 g/mol. The Morgan fingerprint density at radius 3 is 2.59 bits per heavy atom. The van der Waals surface area contributed by atoms with E-state index in [0.717, 1.165) is 11.3 Å². The molecule has 1 aromatic heterocycles. The zero-order valence-corrected chi connectivity index (χ0v) is 20.3. The first-order chi connectivity index (χ1) is 16.4. The van der Waals surface area contributed by atoms with Crippen LogP contribution in [0, 0.1) is 6.92 Å². The SMILES string of the molecule is Cc1ccccc1Oc1nc(N2CCOCC2)nc2c1CN(S(=O)(=O)c1cccc(Cl)c1)CC2. The molecule has 34 heavy (non-hydrogen) atoms. The average Bonchev–Trinajstić information content (AvgIpc) is 2.85. The molecule has 10 heteroatoms. The fourth-order valence-electron chi connectivity index (χ4n) is 4.09. The average molecular weight is 501 g/mol. The van der Waals surface area contributed by atoms with Gasteiger partial charge in [0.05, 0.1) is 29.4 Å². The monoisotopic (exact) mass is 500 g/mol. The third-order valence-electron chi connectivity index (χ3n) is 6.00. The smallest absolute Gasteiger partial charge is 0.243 e. The lowest BCUT2D eigenvalue weighted by atomic mass is 10.1. The lowest BCUT2D eigenvalue weighted by Gasteiger charge is -2.31. The highest BCUT2D eigenvalue weighted by Crippen LogP contribution is 2.34. The first-order valence-electron chi connectivity index (χ1n) is 11.1. The molecule has 0 spiro atoms. The number of aromatic nitrogens is 2. The number of rotatable bonds is 5. The van der Waals surface area contributed by atoms with Crippen LogP contribution in [-0.2, 0) is 27.7 Å². The van der Waals surface area contributed by atoms with Crippen LogP contribution in [-0.4, -0.2) is 55.5 Å². The summed E-state index contributed by atoms with van der Waals surface area (Å²) in [4.78, 5) is 11.8. The Morgan fingerprint density at radius 2 is 1.82 bits per heavy atom. The Kier molecular flexibility index (Phi) is 6.44. The first kappa shape index (κ1) is 23.0. The number of anilines is 1. The quantitative estimate of drug-likeness (QED) is 0.526. The fraction of sp³-hybridized carbons (Fsp3) is 0.333. The minimum absolute atomic E-state index is 0.120. The third-order valence-corrected chi connectivity index (χ3v) is 8.08. The zero-order chi connectivity index (χ0) is 23.7. The van der Waals surface area contributed by atoms with Crippen LogP contribution in [0.5, 0.6) is 11.6 Å². The van der Waals surface area contributed by atoms with Crippen molar-refractivity contribution in [3.8, 4) is 11.6 Å². The van der Waals surface area contributed by atoms with E-state index in [1.54, 1.807) is 18.2 Å². The molecule has 0 saturated carbocycles. The van der Waals surface area contributed by atoms with E-state index in [-0.39, 0.29) is 11.4 Å². The summed E-state index contributed by atoms with van der Waals surface area (Å²) >= 11 is 6.06. The Labute approximate surface area is 204 Å². The normalized spacial score (nSPS) is 16.8. The Bertz CT molecular complexity index is 1310. The van der Waals surface area contributed by atoms with E-state index < -0.39 is 10.0 Å². The van der Waals surface area contributed by atoms with Crippen LogP contribution in [0.15, 0.2) is 53.4 Å². The molecule has 0 N–H and O–H groups in total. The van der Waals surface area contributed by atoms with Crippen LogP contribution in [0.25, 0.3) is 0 Å². The van der Waals surface area contributed by atoms with Gasteiger partial charge in [0.2, 0.25) is 21.9 Å². The predicted octanol–water partition coefficient (Wildman–Crippen LogP) is 3.81. The highest BCUT2D eigenvalue weighted by molar-refractivity contribution is 7.89. The third kappa shape index (κ3) is 4.61. The number of benzene rings is 2. The highest BCUT2D eigenvalue weighted by Gasteiger charge is 2.33. The second-order valence-electron chi connectivity index (χ2n) is 8.27. The second kappa shape index (κ2) is 9.50. The molecule has 1 saturated heterocycles. The summed E-state index contributed by atoms with van der Waals surface area (Å²) in [5, 5.41) is 0.376. The van der Waals surface area contributed by atoms with E-state index in [1.807, 2.05) is 31.2 Å². The van der Waals surface area contributed by atoms with Gasteiger partial charge in [0.25, 0.3) is 0 Å². The van der Waals surface area contributed by atoms with Gasteiger partial charge in [0.1, 0.15) is 5.75 Å². The molecule has 0 aliphatic carbocycles. The molecule has 3 heterocycles. The van der Waals surface area contributed by atoms with Crippen molar-refractivity contribution in [1.29, 1.82) is 0 Å². The van der Waals surface area contributed by atoms with Crippen molar-refractivity contribution in [3.05, 3.63) is 70.4 Å². The van der Waals surface area contributed by atoms with Gasteiger partial charge < -0.3 is 14.4 Å². The zero-order valence-electron chi connectivity index (χ0n) is 18.8. The minimum Gasteiger partial charge on any atom is -0.438 e. The first-order valence-corrected chi connectivity index (χ1v) is 13.0. The van der Waals surface area contributed by atoms with E-state index in [9.17, 15) is 8.42 Å². The molecule has 1 fully saturated rings. The van der Waals surface area contributed by atoms with Gasteiger partial charge in [0, 0.05) is 37.6 Å². The summed E-state index contributed by atoms with van der Waals surface area (Å²) in [5.74, 6) is 1.63. The van der Waals surface area contributed by atoms with Gasteiger partial charge in [-0.3, -0.25) is 0 Å². The maximum atomic E-state index is 13.4. The molecule has 3 aromatic rings. The standard InChI is InChI=1S/C24H25ClN4O4S/c1-17-5-2-3-8-22(17)33-23-20-16-29(34(30,31)19-7-4-6-18(25)15-19)10-9-21(20)26-24(27-23)28-11-13-32-14-12-28/h2-8,15H,9-14,16H2,1H3. The molecule has 2 aliphatic heterocycles. The van der Waals surface area contributed by atoms with Gasteiger partial charge in [-0.15, -0.1) is 0 Å². The number of morpholine rings is 1. The van der Waals surface area contributed by atoms with Crippen LogP contribution >= 0.6 is 11.6 Å². The molecule has 0 unspecified atom stereocenters. The molecule has 0 radical (unpaired) electrons. The number of fused-ring (bicyclic) bond motifs is 1. The predicted molar refractivity (Wildman–Crippen MR) is 129 cm³/mol. The molecule has 8 nitrogen and oxygen atoms in total. The van der Waals surface area contributed by atoms with Crippen LogP contribution in [0.1, 0.15) is 16.8 Å². The van der Waals surface area contributed by atoms with Gasteiger partial charge >= 0.3 is 0 Å². The van der Waals surface area contributed by atoms with Gasteiger partial charge in [-0.2, -0.15) is 9.29 Å². The van der Waals surface area contributed by atoms with E-state index in [1.165, 1.54) is 10.4 Å². The van der Waals surface area contributed by atoms with Crippen LogP contribution in [0.3, 0.4) is 0 Å². The van der Waals surface area contributed by atoms with E-state index in [0.29, 0.717) is 67.4 Å². The number of halogens is 1. The molecule has 0 atom stereocenters. The Morgan fingerprint density at radius 1 is 1.03 bits per heavy atom. The lowest BCUT2D eigenvalue weighted by molar-refractivity contribution is 0.122. The summed E-state index contributed by atoms with van der Waals surface area (Å²) < 4.78 is 39.9. The molecule has 2 aromatic carbocycles. The van der Waals surface area contributed by atoms with E-state index >= 15 is 0 Å². The topological polar surface area (TPSA) is 84.9 Å². The molecule has 178 valence electrons. The van der Waals surface area contributed by atoms with Crippen molar-refractivity contribution in [2.75, 3.05) is 37.7 Å². The number of ether oxygens (including phenoxy) is 2. The molecule has 2 aliphatic rings. The number of aryl methyl sites for hydroxylation is 1. The minimum atomic E-state index is -3.74. The van der Waals surface area contributed by atoms with Crippen LogP contribution in [0.4, 0.5) is 5.95 Å². The summed E-state index contributed by atoms with van der Waals surface area (Å²) in [6.45, 7) is 5.00. The van der Waals surface area contributed by atoms with Crippen molar-refractivity contribution in [1.82, 2.24) is 14.3 Å². The Balaban J connectivity index is 1.53. The molecular formula is C24H25ClN4O4S. The summed E-state index contributed by atoms with van der Waals surface area (Å²) in [5.41, 5.74) is 2.44. The van der Waals surface area contributed by atoms with Crippen LogP contribution in [0.2, 0.25) is 5.02 Å². The number of hydrogen-bond acceptors (Lipinski definition) is 7. The second-order valence-corrected chi connectivity index (χ2v) is 10.6. The fourth-order valence-corrected chi connectivity index (χ4v) is 5.80. The van der Waals surface area contributed by atoms with Crippen molar-refractivity contribution in [2.45, 2.75) is 24.8 Å². The van der Waals surface area contributed by atoms with Gasteiger partial charge in [-0.05, 0) is 36.8 Å². The summed E-state index contributed by atoms with van der Waals surface area (Å²) in [6.07, 6.45) is 0.457. The maximum Gasteiger partial charge on any atom is 0.243 e. The highest BCUT2D eigenvalue weighted by atomic mass is 35.5. The largest absolute Gasteiger partial charge is 0.438 e. The van der Waals surface area contributed by atoms with Crippen LogP contribution < -0.4 is 9.64 Å². The summed E-state index contributed by atoms with van der Waals surface area (Å²) in [7, 11) is -3.74. The van der Waals surface area contributed by atoms with Gasteiger partial charge in [0.15, 0.2) is 0 Å². The van der Waals surface area contributed by atoms with E-state index in [4.69, 9.17) is 31.0 Å². The number of para-hydroxylation sites is 1. The lowest BCUT2D eigenvalue weighted by Crippen LogP contribution is -2.39. The molecule has 0 bridgehead atoms. The van der Waals surface area contributed by atoms with Crippen molar-refractivity contribution < 1.29 is 17.9 Å². The summed E-state index contributed by atoms with van der Waals surface area (Å²) in [6, 6.07) is 14.0. The van der Waals surface area contributed by atoms with Crippen molar-refractivity contribution >= 4 is 27.6 Å². The van der Waals surface area contributed by atoms with E-state index in [2.05, 4.69) is 4.90 Å². The Hall–Kier alpha value is -2.72. The van der Waals surface area contributed by atoms with Gasteiger partial charge in [-0.25, -0.2) is 13.4 Å². The number of sulfonamides is 1. The van der Waals surface area contributed by atoms with Crippen molar-refractivity contribution in [3.63, 3.8) is 0 Å². The number of hydrogen-bond donors (Lipinski definition) is 0. The molecule has 0 amide bonds.